The predicted molar refractivity (Wildman–Crippen MR) is 76.9 cm³/mol. The number of carbonyl (C=O) groups excluding carboxylic acids is 1. The summed E-state index contributed by atoms with van der Waals surface area (Å²) in [4.78, 5) is 13.8. The van der Waals surface area contributed by atoms with Crippen molar-refractivity contribution in [3.63, 3.8) is 0 Å². The summed E-state index contributed by atoms with van der Waals surface area (Å²) in [5, 5.41) is 8.92. The summed E-state index contributed by atoms with van der Waals surface area (Å²) in [5.74, 6) is -0.0369. The molecule has 1 saturated heterocycles. The van der Waals surface area contributed by atoms with Crippen LogP contribution in [0.1, 0.15) is 33.4 Å². The molecule has 0 spiro atoms. The number of amides is 2. The van der Waals surface area contributed by atoms with Crippen molar-refractivity contribution in [3.05, 3.63) is 17.8 Å². The first-order valence-corrected chi connectivity index (χ1v) is 7.05. The van der Waals surface area contributed by atoms with E-state index in [0.717, 1.165) is 12.1 Å². The zero-order chi connectivity index (χ0) is 17.5. The highest BCUT2D eigenvalue weighted by atomic mass is 19.4. The van der Waals surface area contributed by atoms with Gasteiger partial charge in [-0.15, -0.1) is 10.2 Å². The summed E-state index contributed by atoms with van der Waals surface area (Å²) in [6.45, 7) is 8.18. The Balaban J connectivity index is 2.07. The number of carbonyl (C=O) groups is 1. The number of halogens is 3. The number of alkyl halides is 3. The maximum Gasteiger partial charge on any atom is 0.435 e. The molecule has 1 N–H and O–H groups in total. The number of rotatable bonds is 1. The van der Waals surface area contributed by atoms with Crippen LogP contribution in [-0.4, -0.2) is 45.4 Å². The van der Waals surface area contributed by atoms with Crippen LogP contribution in [0.15, 0.2) is 12.1 Å². The number of ether oxygens (including phenoxy) is 1. The zero-order valence-corrected chi connectivity index (χ0v) is 13.4. The van der Waals surface area contributed by atoms with E-state index in [9.17, 15) is 18.0 Å². The van der Waals surface area contributed by atoms with E-state index in [1.54, 1.807) is 4.90 Å². The molecule has 0 saturated carbocycles. The van der Waals surface area contributed by atoms with Crippen LogP contribution in [0, 0.1) is 0 Å². The van der Waals surface area contributed by atoms with Gasteiger partial charge in [0, 0.05) is 0 Å². The van der Waals surface area contributed by atoms with Gasteiger partial charge in [0.15, 0.2) is 11.5 Å². The van der Waals surface area contributed by atoms with Gasteiger partial charge in [-0.3, -0.25) is 5.32 Å². The van der Waals surface area contributed by atoms with Gasteiger partial charge in [0.05, 0.1) is 24.3 Å². The van der Waals surface area contributed by atoms with Crippen molar-refractivity contribution in [2.24, 2.45) is 0 Å². The second-order valence-electron chi connectivity index (χ2n) is 6.71. The zero-order valence-electron chi connectivity index (χ0n) is 13.4. The van der Waals surface area contributed by atoms with Crippen LogP contribution in [0.4, 0.5) is 23.8 Å². The van der Waals surface area contributed by atoms with Crippen molar-refractivity contribution in [2.45, 2.75) is 45.1 Å². The second kappa shape index (κ2) is 5.63. The number of morpholine rings is 1. The Hall–Kier alpha value is -1.90. The number of anilines is 1. The predicted octanol–water partition coefficient (Wildman–Crippen LogP) is 2.92. The Kier molecular flexibility index (Phi) is 4.27. The maximum atomic E-state index is 12.4. The second-order valence-corrected chi connectivity index (χ2v) is 6.71. The third kappa shape index (κ3) is 4.54. The molecule has 1 aromatic rings. The lowest BCUT2D eigenvalue weighted by Gasteiger charge is -2.46. The van der Waals surface area contributed by atoms with Crippen LogP contribution in [0.25, 0.3) is 0 Å². The molecule has 6 nitrogen and oxygen atoms in total. The molecule has 0 bridgehead atoms. The average Bonchev–Trinajstić information content (AvgIpc) is 2.34. The van der Waals surface area contributed by atoms with E-state index in [0.29, 0.717) is 13.1 Å². The summed E-state index contributed by atoms with van der Waals surface area (Å²) in [6.07, 6.45) is -4.56. The number of hydrogen-bond acceptors (Lipinski definition) is 4. The Morgan fingerprint density at radius 3 is 2.17 bits per heavy atom. The lowest BCUT2D eigenvalue weighted by molar-refractivity contribution is -0.169. The number of urea groups is 1. The molecule has 23 heavy (non-hydrogen) atoms. The molecule has 1 aromatic heterocycles. The Labute approximate surface area is 132 Å². The Morgan fingerprint density at radius 1 is 1.17 bits per heavy atom. The van der Waals surface area contributed by atoms with Crippen LogP contribution in [0.2, 0.25) is 0 Å². The summed E-state index contributed by atoms with van der Waals surface area (Å²) in [6, 6.07) is 1.39. The quantitative estimate of drug-likeness (QED) is 0.859. The van der Waals surface area contributed by atoms with E-state index in [2.05, 4.69) is 15.5 Å². The van der Waals surface area contributed by atoms with Crippen LogP contribution >= 0.6 is 0 Å². The van der Waals surface area contributed by atoms with Gasteiger partial charge < -0.3 is 9.64 Å². The molecule has 1 aliphatic heterocycles. The van der Waals surface area contributed by atoms with E-state index in [-0.39, 0.29) is 5.82 Å². The third-order valence-corrected chi connectivity index (χ3v) is 3.17. The normalized spacial score (nSPS) is 20.2. The minimum Gasteiger partial charge on any atom is -0.366 e. The fourth-order valence-electron chi connectivity index (χ4n) is 2.67. The van der Waals surface area contributed by atoms with Crippen LogP contribution in [0.5, 0.6) is 0 Å². The molecule has 0 radical (unpaired) electrons. The van der Waals surface area contributed by atoms with Crippen molar-refractivity contribution in [1.82, 2.24) is 15.1 Å². The van der Waals surface area contributed by atoms with Crippen LogP contribution in [-0.2, 0) is 10.9 Å². The molecule has 2 rings (SSSR count). The topological polar surface area (TPSA) is 67.4 Å². The summed E-state index contributed by atoms with van der Waals surface area (Å²) < 4.78 is 43.2. The van der Waals surface area contributed by atoms with Gasteiger partial charge >= 0.3 is 12.2 Å². The van der Waals surface area contributed by atoms with Gasteiger partial charge in [-0.25, -0.2) is 4.79 Å². The minimum atomic E-state index is -4.56. The monoisotopic (exact) mass is 332 g/mol. The summed E-state index contributed by atoms with van der Waals surface area (Å²) >= 11 is 0. The highest BCUT2D eigenvalue weighted by Crippen LogP contribution is 2.29. The van der Waals surface area contributed by atoms with E-state index in [1.807, 2.05) is 27.7 Å². The van der Waals surface area contributed by atoms with E-state index in [1.165, 1.54) is 0 Å². The largest absolute Gasteiger partial charge is 0.435 e. The molecular weight excluding hydrogens is 313 g/mol. The van der Waals surface area contributed by atoms with Crippen molar-refractivity contribution < 1.29 is 22.7 Å². The van der Waals surface area contributed by atoms with Gasteiger partial charge in [-0.2, -0.15) is 13.2 Å². The molecular formula is C14H19F3N4O2. The van der Waals surface area contributed by atoms with E-state index >= 15 is 0 Å². The maximum absolute atomic E-state index is 12.4. The van der Waals surface area contributed by atoms with Crippen molar-refractivity contribution in [1.29, 1.82) is 0 Å². The van der Waals surface area contributed by atoms with Gasteiger partial charge in [0.25, 0.3) is 0 Å². The number of nitrogens with one attached hydrogen (secondary N) is 1. The molecule has 0 aromatic carbocycles. The van der Waals surface area contributed by atoms with Crippen molar-refractivity contribution >= 4 is 11.8 Å². The fraction of sp³-hybridized carbons (Fsp3) is 0.643. The smallest absolute Gasteiger partial charge is 0.366 e. The first kappa shape index (κ1) is 17.5. The summed E-state index contributed by atoms with van der Waals surface area (Å²) in [7, 11) is 0. The molecule has 9 heteroatoms. The molecule has 2 heterocycles. The third-order valence-electron chi connectivity index (χ3n) is 3.17. The van der Waals surface area contributed by atoms with Crippen molar-refractivity contribution in [3.8, 4) is 0 Å². The van der Waals surface area contributed by atoms with Gasteiger partial charge in [0.2, 0.25) is 0 Å². The first-order valence-electron chi connectivity index (χ1n) is 7.05. The Bertz CT molecular complexity index is 569. The Morgan fingerprint density at radius 2 is 1.74 bits per heavy atom. The van der Waals surface area contributed by atoms with Gasteiger partial charge in [-0.05, 0) is 39.8 Å². The van der Waals surface area contributed by atoms with Gasteiger partial charge in [-0.1, -0.05) is 0 Å². The van der Waals surface area contributed by atoms with Crippen LogP contribution < -0.4 is 5.32 Å². The number of nitrogens with zero attached hydrogens (tertiary/aromatic N) is 3. The first-order chi connectivity index (χ1) is 10.4. The lowest BCUT2D eigenvalue weighted by Crippen LogP contribution is -2.59. The molecule has 0 atom stereocenters. The highest BCUT2D eigenvalue weighted by Gasteiger charge is 2.40. The standard InChI is InChI=1S/C14H19F3N4O2/c1-12(2)7-21(8-13(3,4)23-12)11(22)18-10-6-5-9(19-20-10)14(15,16)17/h5-6H,7-8H2,1-4H3,(H,18,20,22). The number of hydrogen-bond donors (Lipinski definition) is 1. The molecule has 1 aliphatic rings. The summed E-state index contributed by atoms with van der Waals surface area (Å²) in [5.41, 5.74) is -2.15. The SMILES string of the molecule is CC1(C)CN(C(=O)Nc2ccc(C(F)(F)F)nn2)CC(C)(C)O1. The molecule has 0 aliphatic carbocycles. The van der Waals surface area contributed by atoms with Crippen molar-refractivity contribution in [2.75, 3.05) is 18.4 Å². The van der Waals surface area contributed by atoms with E-state index < -0.39 is 29.1 Å². The van der Waals surface area contributed by atoms with Gasteiger partial charge in [0.1, 0.15) is 0 Å². The van der Waals surface area contributed by atoms with Crippen LogP contribution in [0.3, 0.4) is 0 Å². The molecule has 2 amide bonds. The molecule has 1 fully saturated rings. The number of aromatic nitrogens is 2. The minimum absolute atomic E-state index is 0.0369. The average molecular weight is 332 g/mol. The highest BCUT2D eigenvalue weighted by molar-refractivity contribution is 5.88. The van der Waals surface area contributed by atoms with E-state index in [4.69, 9.17) is 4.74 Å². The molecule has 0 unspecified atom stereocenters. The fourth-order valence-corrected chi connectivity index (χ4v) is 2.67. The molecule has 128 valence electrons. The lowest BCUT2D eigenvalue weighted by atomic mass is 9.99.